The second kappa shape index (κ2) is 7.03. The first kappa shape index (κ1) is 17.7. The van der Waals surface area contributed by atoms with Crippen molar-refractivity contribution in [3.05, 3.63) is 58.5 Å². The van der Waals surface area contributed by atoms with E-state index in [2.05, 4.69) is 30.7 Å². The summed E-state index contributed by atoms with van der Waals surface area (Å²) in [6.45, 7) is 0. The molecule has 0 aliphatic heterocycles. The topological polar surface area (TPSA) is 86.1 Å². The monoisotopic (exact) mass is 442 g/mol. The van der Waals surface area contributed by atoms with Gasteiger partial charge in [-0.05, 0) is 40.2 Å². The van der Waals surface area contributed by atoms with Crippen LogP contribution in [0.2, 0.25) is 5.02 Å². The first-order valence-corrected chi connectivity index (χ1v) is 9.57. The smallest absolute Gasteiger partial charge is 0.265 e. The fraction of sp³-hybridized carbons (Fsp3) is 0.0667. The molecule has 0 bridgehead atoms. The molecule has 0 aliphatic carbocycles. The van der Waals surface area contributed by atoms with Gasteiger partial charge < -0.3 is 4.74 Å². The van der Waals surface area contributed by atoms with Gasteiger partial charge in [0, 0.05) is 5.02 Å². The minimum absolute atomic E-state index is 0.0808. The zero-order valence-corrected chi connectivity index (χ0v) is 16.0. The Kier molecular flexibility index (Phi) is 4.98. The van der Waals surface area contributed by atoms with E-state index in [0.29, 0.717) is 15.8 Å². The maximum absolute atomic E-state index is 12.9. The molecule has 1 N–H and O–H groups in total. The van der Waals surface area contributed by atoms with Crippen molar-refractivity contribution in [2.24, 2.45) is 0 Å². The van der Waals surface area contributed by atoms with Crippen LogP contribution in [0.25, 0.3) is 5.69 Å². The number of methoxy groups -OCH3 is 1. The number of rotatable bonds is 5. The Bertz CT molecular complexity index is 1010. The van der Waals surface area contributed by atoms with Crippen molar-refractivity contribution in [3.8, 4) is 11.4 Å². The van der Waals surface area contributed by atoms with Gasteiger partial charge in [0.2, 0.25) is 0 Å². The lowest BCUT2D eigenvalue weighted by atomic mass is 10.3. The van der Waals surface area contributed by atoms with Crippen molar-refractivity contribution in [1.29, 1.82) is 0 Å². The molecule has 0 spiro atoms. The maximum atomic E-state index is 12.9. The normalized spacial score (nSPS) is 11.3. The molecule has 0 fully saturated rings. The number of nitrogens with one attached hydrogen (secondary N) is 1. The summed E-state index contributed by atoms with van der Waals surface area (Å²) >= 11 is 9.26. The van der Waals surface area contributed by atoms with Crippen molar-refractivity contribution in [3.63, 3.8) is 0 Å². The Morgan fingerprint density at radius 3 is 2.72 bits per heavy atom. The summed E-state index contributed by atoms with van der Waals surface area (Å²) in [5.41, 5.74) is 0.870. The molecule has 0 aliphatic rings. The van der Waals surface area contributed by atoms with E-state index < -0.39 is 10.0 Å². The Labute approximate surface area is 157 Å². The van der Waals surface area contributed by atoms with Gasteiger partial charge in [0.1, 0.15) is 17.6 Å². The van der Waals surface area contributed by atoms with Crippen LogP contribution in [-0.4, -0.2) is 30.3 Å². The summed E-state index contributed by atoms with van der Waals surface area (Å²) in [6, 6.07) is 9.71. The van der Waals surface area contributed by atoms with Crippen LogP contribution in [0, 0.1) is 0 Å². The molecule has 0 saturated heterocycles. The third kappa shape index (κ3) is 3.63. The lowest BCUT2D eigenvalue weighted by molar-refractivity contribution is 0.400. The molecule has 3 aromatic rings. The van der Waals surface area contributed by atoms with Gasteiger partial charge >= 0.3 is 0 Å². The summed E-state index contributed by atoms with van der Waals surface area (Å²) in [5.74, 6) is 0.162. The van der Waals surface area contributed by atoms with Crippen molar-refractivity contribution < 1.29 is 13.2 Å². The minimum Gasteiger partial charge on any atom is -0.494 e. The van der Waals surface area contributed by atoms with E-state index >= 15 is 0 Å². The van der Waals surface area contributed by atoms with Crippen molar-refractivity contribution in [2.45, 2.75) is 4.90 Å². The second-order valence-electron chi connectivity index (χ2n) is 4.88. The fourth-order valence-electron chi connectivity index (χ4n) is 2.23. The predicted molar refractivity (Wildman–Crippen MR) is 97.9 cm³/mol. The number of aromatic nitrogens is 3. The fourth-order valence-corrected chi connectivity index (χ4v) is 4.69. The van der Waals surface area contributed by atoms with Crippen LogP contribution in [0.3, 0.4) is 0 Å². The highest BCUT2D eigenvalue weighted by Crippen LogP contribution is 2.36. The van der Waals surface area contributed by atoms with Crippen LogP contribution in [0.5, 0.6) is 5.75 Å². The predicted octanol–water partition coefficient (Wildman–Crippen LogP) is 3.49. The molecule has 1 aromatic heterocycles. The number of anilines is 1. The molecule has 0 radical (unpaired) electrons. The number of hydrogen-bond acceptors (Lipinski definition) is 5. The lowest BCUT2D eigenvalue weighted by Gasteiger charge is -2.15. The largest absolute Gasteiger partial charge is 0.494 e. The lowest BCUT2D eigenvalue weighted by Crippen LogP contribution is -2.16. The number of benzene rings is 2. The highest BCUT2D eigenvalue weighted by molar-refractivity contribution is 9.10. The van der Waals surface area contributed by atoms with Gasteiger partial charge in [-0.3, -0.25) is 4.72 Å². The van der Waals surface area contributed by atoms with E-state index in [1.54, 1.807) is 30.3 Å². The molecule has 3 rings (SSSR count). The van der Waals surface area contributed by atoms with Gasteiger partial charge in [0.25, 0.3) is 10.0 Å². The standard InChI is InChI=1S/C15H12BrClN4O3S/c1-24-15-11(16)6-10(17)7-14(15)25(22,23)20-12-4-2-3-5-13(12)21-9-18-8-19-21/h2-9,20H,1H3. The number of para-hydroxylation sites is 2. The molecule has 7 nitrogen and oxygen atoms in total. The summed E-state index contributed by atoms with van der Waals surface area (Å²) in [4.78, 5) is 3.80. The first-order chi connectivity index (χ1) is 11.9. The van der Waals surface area contributed by atoms with Gasteiger partial charge in [-0.1, -0.05) is 23.7 Å². The number of ether oxygens (including phenoxy) is 1. The molecule has 1 heterocycles. The Hall–Kier alpha value is -2.10. The molecule has 10 heteroatoms. The molecule has 0 atom stereocenters. The number of hydrogen-bond donors (Lipinski definition) is 1. The van der Waals surface area contributed by atoms with Gasteiger partial charge in [0.05, 0.1) is 23.0 Å². The quantitative estimate of drug-likeness (QED) is 0.652. The number of sulfonamides is 1. The molecular weight excluding hydrogens is 432 g/mol. The van der Waals surface area contributed by atoms with Crippen molar-refractivity contribution >= 4 is 43.2 Å². The number of halogens is 2. The third-order valence-electron chi connectivity index (χ3n) is 3.28. The Morgan fingerprint density at radius 2 is 2.04 bits per heavy atom. The van der Waals surface area contributed by atoms with Crippen LogP contribution in [-0.2, 0) is 10.0 Å². The Morgan fingerprint density at radius 1 is 1.28 bits per heavy atom. The van der Waals surface area contributed by atoms with Crippen LogP contribution >= 0.6 is 27.5 Å². The SMILES string of the molecule is COc1c(Br)cc(Cl)cc1S(=O)(=O)Nc1ccccc1-n1cncn1. The average Bonchev–Trinajstić information content (AvgIpc) is 3.08. The average molecular weight is 444 g/mol. The van der Waals surface area contributed by atoms with Crippen LogP contribution in [0.4, 0.5) is 5.69 Å². The second-order valence-corrected chi connectivity index (χ2v) is 7.82. The molecule has 0 amide bonds. The van der Waals surface area contributed by atoms with Gasteiger partial charge in [-0.2, -0.15) is 5.10 Å². The van der Waals surface area contributed by atoms with Crippen molar-refractivity contribution in [1.82, 2.24) is 14.8 Å². The molecule has 2 aromatic carbocycles. The summed E-state index contributed by atoms with van der Waals surface area (Å²) in [5, 5.41) is 4.29. The zero-order valence-electron chi connectivity index (χ0n) is 12.8. The molecule has 25 heavy (non-hydrogen) atoms. The molecule has 130 valence electrons. The number of nitrogens with zero attached hydrogens (tertiary/aromatic N) is 3. The van der Waals surface area contributed by atoms with E-state index in [9.17, 15) is 8.42 Å². The van der Waals surface area contributed by atoms with Crippen LogP contribution < -0.4 is 9.46 Å². The van der Waals surface area contributed by atoms with E-state index in [0.717, 1.165) is 0 Å². The van der Waals surface area contributed by atoms with Crippen LogP contribution in [0.1, 0.15) is 0 Å². The van der Waals surface area contributed by atoms with Crippen LogP contribution in [0.15, 0.2) is 58.4 Å². The molecular formula is C15H12BrClN4O3S. The van der Waals surface area contributed by atoms with Gasteiger partial charge in [-0.15, -0.1) is 0 Å². The molecule has 0 unspecified atom stereocenters. The Balaban J connectivity index is 2.08. The molecule has 0 saturated carbocycles. The van der Waals surface area contributed by atoms with Crippen molar-refractivity contribution in [2.75, 3.05) is 11.8 Å². The summed E-state index contributed by atoms with van der Waals surface area (Å²) < 4.78 is 35.4. The highest BCUT2D eigenvalue weighted by atomic mass is 79.9. The summed E-state index contributed by atoms with van der Waals surface area (Å²) in [6.07, 6.45) is 2.84. The third-order valence-corrected chi connectivity index (χ3v) is 5.46. The summed E-state index contributed by atoms with van der Waals surface area (Å²) in [7, 11) is -2.58. The zero-order chi connectivity index (χ0) is 18.0. The highest BCUT2D eigenvalue weighted by Gasteiger charge is 2.24. The van der Waals surface area contributed by atoms with E-state index in [1.165, 1.54) is 30.5 Å². The van der Waals surface area contributed by atoms with E-state index in [-0.39, 0.29) is 15.7 Å². The minimum atomic E-state index is -3.97. The maximum Gasteiger partial charge on any atom is 0.265 e. The van der Waals surface area contributed by atoms with E-state index in [1.807, 2.05) is 0 Å². The first-order valence-electron chi connectivity index (χ1n) is 6.92. The van der Waals surface area contributed by atoms with E-state index in [4.69, 9.17) is 16.3 Å². The van der Waals surface area contributed by atoms with Gasteiger partial charge in [-0.25, -0.2) is 18.1 Å². The van der Waals surface area contributed by atoms with Gasteiger partial charge in [0.15, 0.2) is 5.75 Å².